The molecule has 0 saturated carbocycles. The Balaban J connectivity index is 1.17. The first-order valence-corrected chi connectivity index (χ1v) is 13.0. The molecule has 1 aliphatic heterocycles. The molecule has 5 rings (SSSR count). The number of rotatable bonds is 11. The van der Waals surface area contributed by atoms with Crippen LogP contribution in [0.5, 0.6) is 17.2 Å². The third-order valence-corrected chi connectivity index (χ3v) is 6.86. The lowest BCUT2D eigenvalue weighted by Gasteiger charge is -2.26. The smallest absolute Gasteiger partial charge is 0.253 e. The van der Waals surface area contributed by atoms with Crippen molar-refractivity contribution >= 4 is 16.8 Å². The zero-order valence-electron chi connectivity index (χ0n) is 22.2. The Morgan fingerprint density at radius 1 is 0.974 bits per heavy atom. The van der Waals surface area contributed by atoms with Crippen LogP contribution in [0.2, 0.25) is 0 Å². The Kier molecular flexibility index (Phi) is 8.07. The number of hydrogen-bond donors (Lipinski definition) is 0. The van der Waals surface area contributed by atoms with Gasteiger partial charge in [0.25, 0.3) is 11.5 Å². The number of aromatic nitrogens is 2. The molecule has 3 heterocycles. The minimum absolute atomic E-state index is 0.0336. The van der Waals surface area contributed by atoms with Gasteiger partial charge < -0.3 is 23.7 Å². The van der Waals surface area contributed by atoms with Crippen molar-refractivity contribution in [3.8, 4) is 17.2 Å². The van der Waals surface area contributed by atoms with E-state index in [-0.39, 0.29) is 18.3 Å². The molecule has 202 valence electrons. The van der Waals surface area contributed by atoms with Crippen molar-refractivity contribution in [2.75, 3.05) is 40.1 Å². The number of benzene rings is 2. The Morgan fingerprint density at radius 2 is 1.79 bits per heavy atom. The maximum atomic E-state index is 13.0. The quantitative estimate of drug-likeness (QED) is 0.274. The maximum absolute atomic E-state index is 13.0. The molecule has 0 radical (unpaired) electrons. The second-order valence-corrected chi connectivity index (χ2v) is 9.58. The van der Waals surface area contributed by atoms with Crippen molar-refractivity contribution in [2.24, 2.45) is 7.05 Å². The predicted octanol–water partition coefficient (Wildman–Crippen LogP) is 3.71. The molecule has 1 aliphatic rings. The Labute approximate surface area is 227 Å². The molecule has 0 unspecified atom stereocenters. The average molecular weight is 529 g/mol. The van der Waals surface area contributed by atoms with Crippen molar-refractivity contribution in [3.63, 3.8) is 0 Å². The minimum atomic E-state index is -0.0608. The number of carbonyl (C=O) groups is 1. The van der Waals surface area contributed by atoms with Crippen LogP contribution < -0.4 is 19.8 Å². The SMILES string of the molecule is CN(CCN(CCCOc1ccc2c(ccc(=O)n2C)c1)Cc1ccncc1)C(=O)c1ccc2c(c1)OCO2. The van der Waals surface area contributed by atoms with Gasteiger partial charge in [0.2, 0.25) is 6.79 Å². The summed E-state index contributed by atoms with van der Waals surface area (Å²) in [6.07, 6.45) is 4.40. The summed E-state index contributed by atoms with van der Waals surface area (Å²) in [6, 6.07) is 18.4. The molecular formula is C30H32N4O5. The van der Waals surface area contributed by atoms with Gasteiger partial charge in [-0.15, -0.1) is 0 Å². The summed E-state index contributed by atoms with van der Waals surface area (Å²) in [5.41, 5.74) is 2.58. The molecule has 0 spiro atoms. The maximum Gasteiger partial charge on any atom is 0.253 e. The van der Waals surface area contributed by atoms with Gasteiger partial charge in [0, 0.05) is 69.7 Å². The molecule has 0 aliphatic carbocycles. The van der Waals surface area contributed by atoms with Gasteiger partial charge in [-0.25, -0.2) is 0 Å². The molecule has 39 heavy (non-hydrogen) atoms. The summed E-state index contributed by atoms with van der Waals surface area (Å²) in [5, 5.41) is 0.962. The van der Waals surface area contributed by atoms with Crippen molar-refractivity contribution < 1.29 is 19.0 Å². The van der Waals surface area contributed by atoms with Crippen LogP contribution in [0.1, 0.15) is 22.3 Å². The molecular weight excluding hydrogens is 496 g/mol. The van der Waals surface area contributed by atoms with Gasteiger partial charge in [0.05, 0.1) is 12.1 Å². The Hall–Kier alpha value is -4.37. The third-order valence-electron chi connectivity index (χ3n) is 6.86. The van der Waals surface area contributed by atoms with Crippen LogP contribution >= 0.6 is 0 Å². The normalized spacial score (nSPS) is 12.2. The number of aryl methyl sites for hydroxylation is 1. The highest BCUT2D eigenvalue weighted by molar-refractivity contribution is 5.94. The molecule has 4 aromatic rings. The summed E-state index contributed by atoms with van der Waals surface area (Å²) in [7, 11) is 3.58. The first-order chi connectivity index (χ1) is 19.0. The van der Waals surface area contributed by atoms with Crippen LogP contribution in [0.3, 0.4) is 0 Å². The number of hydrogen-bond acceptors (Lipinski definition) is 7. The molecule has 2 aromatic heterocycles. The topological polar surface area (TPSA) is 86.1 Å². The van der Waals surface area contributed by atoms with E-state index >= 15 is 0 Å². The van der Waals surface area contributed by atoms with E-state index in [0.29, 0.717) is 36.8 Å². The number of fused-ring (bicyclic) bond motifs is 2. The average Bonchev–Trinajstić information content (AvgIpc) is 3.44. The van der Waals surface area contributed by atoms with Gasteiger partial charge >= 0.3 is 0 Å². The van der Waals surface area contributed by atoms with Gasteiger partial charge in [-0.2, -0.15) is 0 Å². The monoisotopic (exact) mass is 528 g/mol. The van der Waals surface area contributed by atoms with Gasteiger partial charge in [-0.05, 0) is 66.6 Å². The van der Waals surface area contributed by atoms with Crippen LogP contribution in [0.15, 0.2) is 77.9 Å². The lowest BCUT2D eigenvalue weighted by atomic mass is 10.1. The highest BCUT2D eigenvalue weighted by Gasteiger charge is 2.19. The largest absolute Gasteiger partial charge is 0.494 e. The first-order valence-electron chi connectivity index (χ1n) is 13.0. The fourth-order valence-electron chi connectivity index (χ4n) is 4.59. The van der Waals surface area contributed by atoms with Crippen LogP contribution in [0.4, 0.5) is 0 Å². The highest BCUT2D eigenvalue weighted by atomic mass is 16.7. The highest BCUT2D eigenvalue weighted by Crippen LogP contribution is 2.32. The number of pyridine rings is 2. The molecule has 2 aromatic carbocycles. The van der Waals surface area contributed by atoms with E-state index in [2.05, 4.69) is 9.88 Å². The molecule has 0 atom stereocenters. The predicted molar refractivity (Wildman–Crippen MR) is 148 cm³/mol. The van der Waals surface area contributed by atoms with E-state index in [0.717, 1.165) is 41.7 Å². The molecule has 9 nitrogen and oxygen atoms in total. The van der Waals surface area contributed by atoms with Crippen LogP contribution in [0, 0.1) is 0 Å². The molecule has 1 amide bonds. The molecule has 0 bridgehead atoms. The van der Waals surface area contributed by atoms with E-state index in [1.165, 1.54) is 0 Å². The van der Waals surface area contributed by atoms with Crippen molar-refractivity contribution in [1.82, 2.24) is 19.4 Å². The summed E-state index contributed by atoms with van der Waals surface area (Å²) in [6.45, 7) is 3.56. The van der Waals surface area contributed by atoms with Crippen LogP contribution in [0.25, 0.3) is 10.9 Å². The number of likely N-dealkylation sites (N-methyl/N-ethyl adjacent to an activating group) is 1. The van der Waals surface area contributed by atoms with Crippen LogP contribution in [-0.2, 0) is 13.6 Å². The van der Waals surface area contributed by atoms with Gasteiger partial charge in [0.1, 0.15) is 5.75 Å². The standard InChI is InChI=1S/C30H32N4O5/c1-32(30(36)24-4-8-27-28(19-24)39-21-38-27)15-16-34(20-22-10-12-31-13-11-22)14-3-17-37-25-6-7-26-23(18-25)5-9-29(35)33(26)2/h4-13,18-19H,3,14-17,20-21H2,1-2H3. The fraction of sp³-hybridized carbons (Fsp3) is 0.300. The zero-order valence-corrected chi connectivity index (χ0v) is 22.2. The van der Waals surface area contributed by atoms with E-state index in [4.69, 9.17) is 14.2 Å². The summed E-state index contributed by atoms with van der Waals surface area (Å²) in [4.78, 5) is 33.1. The molecule has 9 heteroatoms. The second kappa shape index (κ2) is 12.0. The lowest BCUT2D eigenvalue weighted by Crippen LogP contribution is -2.37. The van der Waals surface area contributed by atoms with Gasteiger partial charge in [0.15, 0.2) is 11.5 Å². The number of nitrogens with zero attached hydrogens (tertiary/aromatic N) is 4. The fourth-order valence-corrected chi connectivity index (χ4v) is 4.59. The summed E-state index contributed by atoms with van der Waals surface area (Å²) >= 11 is 0. The summed E-state index contributed by atoms with van der Waals surface area (Å²) in [5.74, 6) is 1.98. The number of ether oxygens (including phenoxy) is 3. The van der Waals surface area contributed by atoms with E-state index < -0.39 is 0 Å². The molecule has 0 saturated heterocycles. The number of carbonyl (C=O) groups excluding carboxylic acids is 1. The van der Waals surface area contributed by atoms with Crippen molar-refractivity contribution in [2.45, 2.75) is 13.0 Å². The summed E-state index contributed by atoms with van der Waals surface area (Å²) < 4.78 is 18.4. The third kappa shape index (κ3) is 6.38. The Bertz CT molecular complexity index is 1500. The Morgan fingerprint density at radius 3 is 2.64 bits per heavy atom. The van der Waals surface area contributed by atoms with Gasteiger partial charge in [-0.3, -0.25) is 19.5 Å². The molecule has 0 fully saturated rings. The first kappa shape index (κ1) is 26.2. The van der Waals surface area contributed by atoms with E-state index in [1.807, 2.05) is 43.4 Å². The van der Waals surface area contributed by atoms with E-state index in [9.17, 15) is 9.59 Å². The van der Waals surface area contributed by atoms with Gasteiger partial charge in [-0.1, -0.05) is 0 Å². The van der Waals surface area contributed by atoms with Crippen molar-refractivity contribution in [3.05, 3.63) is 94.5 Å². The number of amides is 1. The van der Waals surface area contributed by atoms with E-state index in [1.54, 1.807) is 53.2 Å². The van der Waals surface area contributed by atoms with Crippen molar-refractivity contribution in [1.29, 1.82) is 0 Å². The lowest BCUT2D eigenvalue weighted by molar-refractivity contribution is 0.0774. The minimum Gasteiger partial charge on any atom is -0.494 e. The zero-order chi connectivity index (χ0) is 27.2. The molecule has 0 N–H and O–H groups in total. The second-order valence-electron chi connectivity index (χ2n) is 9.58. The van der Waals surface area contributed by atoms with Crippen LogP contribution in [-0.4, -0.2) is 65.3 Å².